The average Bonchev–Trinajstić information content (AvgIpc) is 2.81. The van der Waals surface area contributed by atoms with E-state index < -0.39 is 0 Å². The monoisotopic (exact) mass is 249 g/mol. The van der Waals surface area contributed by atoms with Gasteiger partial charge in [0.1, 0.15) is 12.1 Å². The summed E-state index contributed by atoms with van der Waals surface area (Å²) >= 11 is 1.63. The number of fused-ring (bicyclic) bond motifs is 1. The number of rotatable bonds is 2. The number of nitrogens with one attached hydrogen (secondary N) is 1. The highest BCUT2D eigenvalue weighted by Crippen LogP contribution is 2.28. The molecule has 2 unspecified atom stereocenters. The van der Waals surface area contributed by atoms with Crippen molar-refractivity contribution in [1.82, 2.24) is 9.97 Å². The van der Waals surface area contributed by atoms with Gasteiger partial charge in [0, 0.05) is 0 Å². The van der Waals surface area contributed by atoms with Crippen LogP contribution in [-0.4, -0.2) is 27.2 Å². The molecule has 2 atom stereocenters. The smallest absolute Gasteiger partial charge is 0.147 e. The van der Waals surface area contributed by atoms with Crippen LogP contribution in [0.25, 0.3) is 10.2 Å². The number of hydrogen-bond acceptors (Lipinski definition) is 5. The van der Waals surface area contributed by atoms with Crippen LogP contribution in [0.2, 0.25) is 0 Å². The van der Waals surface area contributed by atoms with Crippen LogP contribution in [0.15, 0.2) is 17.8 Å². The molecule has 1 fully saturated rings. The van der Waals surface area contributed by atoms with E-state index in [1.165, 1.54) is 6.42 Å². The highest BCUT2D eigenvalue weighted by molar-refractivity contribution is 7.17. The van der Waals surface area contributed by atoms with Crippen LogP contribution in [0.1, 0.15) is 25.7 Å². The molecule has 0 aliphatic heterocycles. The Morgan fingerprint density at radius 2 is 2.18 bits per heavy atom. The maximum atomic E-state index is 9.95. The largest absolute Gasteiger partial charge is 0.391 e. The second-order valence-electron chi connectivity index (χ2n) is 4.46. The Labute approximate surface area is 104 Å². The lowest BCUT2D eigenvalue weighted by Gasteiger charge is -2.28. The van der Waals surface area contributed by atoms with E-state index in [2.05, 4.69) is 15.3 Å². The minimum Gasteiger partial charge on any atom is -0.391 e. The number of anilines is 1. The first kappa shape index (κ1) is 10.9. The van der Waals surface area contributed by atoms with E-state index in [1.807, 2.05) is 11.4 Å². The molecule has 2 aromatic rings. The van der Waals surface area contributed by atoms with E-state index in [9.17, 15) is 5.11 Å². The lowest BCUT2D eigenvalue weighted by atomic mass is 9.92. The highest BCUT2D eigenvalue weighted by Gasteiger charge is 2.23. The maximum Gasteiger partial charge on any atom is 0.147 e. The van der Waals surface area contributed by atoms with Crippen LogP contribution in [0, 0.1) is 0 Å². The molecule has 1 saturated carbocycles. The van der Waals surface area contributed by atoms with Crippen molar-refractivity contribution in [3.05, 3.63) is 17.8 Å². The lowest BCUT2D eigenvalue weighted by Crippen LogP contribution is -2.36. The Morgan fingerprint density at radius 1 is 1.29 bits per heavy atom. The minimum absolute atomic E-state index is 0.129. The molecule has 0 spiro atoms. The van der Waals surface area contributed by atoms with Crippen molar-refractivity contribution in [1.29, 1.82) is 0 Å². The van der Waals surface area contributed by atoms with Gasteiger partial charge in [-0.2, -0.15) is 0 Å². The average molecular weight is 249 g/mol. The molecule has 1 aliphatic rings. The number of aliphatic hydroxyl groups excluding tert-OH is 1. The van der Waals surface area contributed by atoms with Gasteiger partial charge >= 0.3 is 0 Å². The Balaban J connectivity index is 1.86. The zero-order chi connectivity index (χ0) is 11.7. The van der Waals surface area contributed by atoms with Crippen molar-refractivity contribution < 1.29 is 5.11 Å². The lowest BCUT2D eigenvalue weighted by molar-refractivity contribution is 0.116. The highest BCUT2D eigenvalue weighted by atomic mass is 32.1. The summed E-state index contributed by atoms with van der Waals surface area (Å²) in [6.07, 6.45) is 5.51. The van der Waals surface area contributed by atoms with Gasteiger partial charge in [-0.3, -0.25) is 0 Å². The van der Waals surface area contributed by atoms with Crippen LogP contribution in [0.3, 0.4) is 0 Å². The Kier molecular flexibility index (Phi) is 2.94. The van der Waals surface area contributed by atoms with Gasteiger partial charge in [0.05, 0.1) is 22.4 Å². The van der Waals surface area contributed by atoms with Gasteiger partial charge in [-0.25, -0.2) is 9.97 Å². The third-order valence-corrected chi connectivity index (χ3v) is 4.21. The standard InChI is InChI=1S/C12H15N3OS/c16-10-4-2-1-3-8(10)15-12-11-9(5-6-17-11)13-7-14-12/h5-8,10,16H,1-4H2,(H,13,14,15). The van der Waals surface area contributed by atoms with Gasteiger partial charge in [0.25, 0.3) is 0 Å². The van der Waals surface area contributed by atoms with E-state index in [-0.39, 0.29) is 12.1 Å². The molecule has 1 aliphatic carbocycles. The van der Waals surface area contributed by atoms with Crippen molar-refractivity contribution in [2.24, 2.45) is 0 Å². The van der Waals surface area contributed by atoms with Crippen LogP contribution >= 0.6 is 11.3 Å². The third kappa shape index (κ3) is 2.12. The molecule has 0 saturated heterocycles. The first-order chi connectivity index (χ1) is 8.34. The predicted octanol–water partition coefficient (Wildman–Crippen LogP) is 2.41. The maximum absolute atomic E-state index is 9.95. The first-order valence-electron chi connectivity index (χ1n) is 5.97. The summed E-state index contributed by atoms with van der Waals surface area (Å²) < 4.78 is 1.07. The molecule has 2 heterocycles. The fraction of sp³-hybridized carbons (Fsp3) is 0.500. The summed E-state index contributed by atoms with van der Waals surface area (Å²) in [5.74, 6) is 0.857. The van der Waals surface area contributed by atoms with Gasteiger partial charge in [0.2, 0.25) is 0 Å². The van der Waals surface area contributed by atoms with Gasteiger partial charge in [-0.1, -0.05) is 12.8 Å². The van der Waals surface area contributed by atoms with Gasteiger partial charge in [-0.15, -0.1) is 11.3 Å². The normalized spacial score (nSPS) is 25.0. The zero-order valence-electron chi connectivity index (χ0n) is 9.47. The molecular weight excluding hydrogens is 234 g/mol. The summed E-state index contributed by atoms with van der Waals surface area (Å²) in [6, 6.07) is 2.12. The number of nitrogens with zero attached hydrogens (tertiary/aromatic N) is 2. The number of thiophene rings is 1. The van der Waals surface area contributed by atoms with Gasteiger partial charge in [-0.05, 0) is 24.3 Å². The molecule has 2 aromatic heterocycles. The molecule has 5 heteroatoms. The number of aliphatic hydroxyl groups is 1. The summed E-state index contributed by atoms with van der Waals surface area (Å²) in [6.45, 7) is 0. The van der Waals surface area contributed by atoms with Crippen molar-refractivity contribution in [2.45, 2.75) is 37.8 Å². The summed E-state index contributed by atoms with van der Waals surface area (Å²) in [4.78, 5) is 8.50. The molecule has 2 N–H and O–H groups in total. The number of hydrogen-bond donors (Lipinski definition) is 2. The molecule has 0 amide bonds. The fourth-order valence-electron chi connectivity index (χ4n) is 2.35. The van der Waals surface area contributed by atoms with Crippen molar-refractivity contribution in [3.8, 4) is 0 Å². The summed E-state index contributed by atoms with van der Waals surface area (Å²) in [5, 5.41) is 15.3. The Hall–Kier alpha value is -1.20. The SMILES string of the molecule is OC1CCCCC1Nc1ncnc2ccsc12. The second-order valence-corrected chi connectivity index (χ2v) is 5.38. The molecule has 90 valence electrons. The number of aromatic nitrogens is 2. The molecule has 0 radical (unpaired) electrons. The molecule has 0 aromatic carbocycles. The van der Waals surface area contributed by atoms with Crippen molar-refractivity contribution in [2.75, 3.05) is 5.32 Å². The molecule has 17 heavy (non-hydrogen) atoms. The first-order valence-corrected chi connectivity index (χ1v) is 6.85. The fourth-order valence-corrected chi connectivity index (χ4v) is 3.14. The van der Waals surface area contributed by atoms with Crippen LogP contribution in [0.4, 0.5) is 5.82 Å². The third-order valence-electron chi connectivity index (χ3n) is 3.29. The van der Waals surface area contributed by atoms with Crippen LogP contribution in [0.5, 0.6) is 0 Å². The molecule has 3 rings (SSSR count). The van der Waals surface area contributed by atoms with E-state index in [4.69, 9.17) is 0 Å². The van der Waals surface area contributed by atoms with Crippen LogP contribution < -0.4 is 5.32 Å². The van der Waals surface area contributed by atoms with Crippen molar-refractivity contribution >= 4 is 27.4 Å². The van der Waals surface area contributed by atoms with Gasteiger partial charge < -0.3 is 10.4 Å². The molecular formula is C12H15N3OS. The Bertz CT molecular complexity index is 513. The molecule has 4 nitrogen and oxygen atoms in total. The topological polar surface area (TPSA) is 58.0 Å². The second kappa shape index (κ2) is 4.58. The zero-order valence-corrected chi connectivity index (χ0v) is 10.3. The van der Waals surface area contributed by atoms with E-state index in [0.29, 0.717) is 0 Å². The quantitative estimate of drug-likeness (QED) is 0.858. The molecule has 0 bridgehead atoms. The van der Waals surface area contributed by atoms with Crippen molar-refractivity contribution in [3.63, 3.8) is 0 Å². The van der Waals surface area contributed by atoms with E-state index >= 15 is 0 Å². The minimum atomic E-state index is -0.256. The Morgan fingerprint density at radius 3 is 3.06 bits per heavy atom. The van der Waals surface area contributed by atoms with E-state index in [1.54, 1.807) is 17.7 Å². The summed E-state index contributed by atoms with van der Waals surface area (Å²) in [5.41, 5.74) is 0.970. The predicted molar refractivity (Wildman–Crippen MR) is 69.3 cm³/mol. The summed E-state index contributed by atoms with van der Waals surface area (Å²) in [7, 11) is 0. The van der Waals surface area contributed by atoms with Gasteiger partial charge in [0.15, 0.2) is 0 Å². The van der Waals surface area contributed by atoms with E-state index in [0.717, 1.165) is 35.3 Å². The van der Waals surface area contributed by atoms with Crippen LogP contribution in [-0.2, 0) is 0 Å².